The first-order valence-electron chi connectivity index (χ1n) is 6.24. The minimum atomic E-state index is 0.539. The number of hydrogen-bond acceptors (Lipinski definition) is 7. The highest BCUT2D eigenvalue weighted by Crippen LogP contribution is 2.34. The van der Waals surface area contributed by atoms with Crippen molar-refractivity contribution in [1.82, 2.24) is 20.4 Å². The van der Waals surface area contributed by atoms with E-state index in [0.717, 1.165) is 49.2 Å². The molecule has 1 aliphatic rings. The van der Waals surface area contributed by atoms with Crippen LogP contribution < -0.4 is 10.1 Å². The Hall–Kier alpha value is -1.44. The zero-order valence-electron chi connectivity index (χ0n) is 10.8. The summed E-state index contributed by atoms with van der Waals surface area (Å²) in [6.07, 6.45) is 0. The summed E-state index contributed by atoms with van der Waals surface area (Å²) in [4.78, 5) is 7.65. The molecular formula is C12H16N4O2S. The fourth-order valence-corrected chi connectivity index (χ4v) is 2.87. The van der Waals surface area contributed by atoms with Gasteiger partial charge in [-0.15, -0.1) is 11.3 Å². The molecule has 2 aromatic heterocycles. The SMILES string of the molecule is COc1ccsc1-c1nc(CN2CCNCC2)no1. The second kappa shape index (κ2) is 5.68. The smallest absolute Gasteiger partial charge is 0.271 e. The quantitative estimate of drug-likeness (QED) is 0.908. The Morgan fingerprint density at radius 2 is 2.32 bits per heavy atom. The Labute approximate surface area is 115 Å². The number of nitrogens with zero attached hydrogens (tertiary/aromatic N) is 3. The largest absolute Gasteiger partial charge is 0.495 e. The Morgan fingerprint density at radius 1 is 1.47 bits per heavy atom. The molecule has 6 nitrogen and oxygen atoms in total. The third-order valence-electron chi connectivity index (χ3n) is 3.09. The van der Waals surface area contributed by atoms with E-state index in [0.29, 0.717) is 5.89 Å². The molecule has 7 heteroatoms. The Kier molecular flexibility index (Phi) is 3.77. The molecular weight excluding hydrogens is 264 g/mol. The molecule has 0 saturated carbocycles. The zero-order chi connectivity index (χ0) is 13.1. The van der Waals surface area contributed by atoms with Gasteiger partial charge in [-0.05, 0) is 11.4 Å². The molecule has 0 aliphatic carbocycles. The van der Waals surface area contributed by atoms with Gasteiger partial charge in [-0.1, -0.05) is 5.16 Å². The summed E-state index contributed by atoms with van der Waals surface area (Å²) in [6, 6.07) is 1.90. The lowest BCUT2D eigenvalue weighted by molar-refractivity contribution is 0.225. The molecule has 102 valence electrons. The average Bonchev–Trinajstić information content (AvgIpc) is 3.07. The van der Waals surface area contributed by atoms with Gasteiger partial charge >= 0.3 is 0 Å². The van der Waals surface area contributed by atoms with Crippen molar-refractivity contribution in [3.63, 3.8) is 0 Å². The maximum atomic E-state index is 5.32. The predicted molar refractivity (Wildman–Crippen MR) is 72.3 cm³/mol. The van der Waals surface area contributed by atoms with Crippen molar-refractivity contribution in [2.75, 3.05) is 33.3 Å². The standard InChI is InChI=1S/C12H16N4O2S/c1-17-9-2-7-19-11(9)12-14-10(15-18-12)8-16-5-3-13-4-6-16/h2,7,13H,3-6,8H2,1H3. The number of methoxy groups -OCH3 is 1. The highest BCUT2D eigenvalue weighted by Gasteiger charge is 2.17. The second-order valence-corrected chi connectivity index (χ2v) is 5.28. The molecule has 1 N–H and O–H groups in total. The molecule has 1 fully saturated rings. The van der Waals surface area contributed by atoms with Crippen molar-refractivity contribution in [2.45, 2.75) is 6.54 Å². The van der Waals surface area contributed by atoms with E-state index in [4.69, 9.17) is 9.26 Å². The lowest BCUT2D eigenvalue weighted by Gasteiger charge is -2.25. The van der Waals surface area contributed by atoms with Crippen LogP contribution in [0.25, 0.3) is 10.8 Å². The minimum absolute atomic E-state index is 0.539. The van der Waals surface area contributed by atoms with Crippen LogP contribution in [-0.4, -0.2) is 48.3 Å². The van der Waals surface area contributed by atoms with Gasteiger partial charge in [-0.2, -0.15) is 4.98 Å². The summed E-state index contributed by atoms with van der Waals surface area (Å²) in [5.41, 5.74) is 0. The fourth-order valence-electron chi connectivity index (χ4n) is 2.09. The molecule has 1 saturated heterocycles. The fraction of sp³-hybridized carbons (Fsp3) is 0.500. The molecule has 2 aromatic rings. The summed E-state index contributed by atoms with van der Waals surface area (Å²) in [6.45, 7) is 4.81. The summed E-state index contributed by atoms with van der Waals surface area (Å²) >= 11 is 1.54. The zero-order valence-corrected chi connectivity index (χ0v) is 11.6. The van der Waals surface area contributed by atoms with Gasteiger partial charge in [0.15, 0.2) is 5.82 Å². The molecule has 0 amide bonds. The lowest BCUT2D eigenvalue weighted by atomic mass is 10.3. The first kappa shape index (κ1) is 12.6. The normalized spacial score (nSPS) is 16.7. The summed E-state index contributed by atoms with van der Waals surface area (Å²) < 4.78 is 10.6. The van der Waals surface area contributed by atoms with Gasteiger partial charge in [0.1, 0.15) is 10.6 Å². The number of ether oxygens (including phenoxy) is 1. The van der Waals surface area contributed by atoms with Crippen LogP contribution in [0.3, 0.4) is 0 Å². The van der Waals surface area contributed by atoms with Gasteiger partial charge in [-0.3, -0.25) is 4.90 Å². The van der Waals surface area contributed by atoms with E-state index in [2.05, 4.69) is 20.4 Å². The first-order chi connectivity index (χ1) is 9.36. The van der Waals surface area contributed by atoms with Crippen LogP contribution >= 0.6 is 11.3 Å². The van der Waals surface area contributed by atoms with Crippen LogP contribution in [0, 0.1) is 0 Å². The van der Waals surface area contributed by atoms with E-state index in [9.17, 15) is 0 Å². The molecule has 0 atom stereocenters. The van der Waals surface area contributed by atoms with Crippen LogP contribution in [0.2, 0.25) is 0 Å². The topological polar surface area (TPSA) is 63.4 Å². The van der Waals surface area contributed by atoms with E-state index >= 15 is 0 Å². The van der Waals surface area contributed by atoms with Gasteiger partial charge in [0.05, 0.1) is 13.7 Å². The highest BCUT2D eigenvalue weighted by molar-refractivity contribution is 7.13. The maximum absolute atomic E-state index is 5.32. The number of nitrogens with one attached hydrogen (secondary N) is 1. The van der Waals surface area contributed by atoms with Crippen molar-refractivity contribution < 1.29 is 9.26 Å². The average molecular weight is 280 g/mol. The van der Waals surface area contributed by atoms with Crippen molar-refractivity contribution >= 4 is 11.3 Å². The molecule has 3 rings (SSSR count). The predicted octanol–water partition coefficient (Wildman–Crippen LogP) is 1.21. The number of piperazine rings is 1. The Balaban J connectivity index is 1.72. The Bertz CT molecular complexity index is 533. The van der Waals surface area contributed by atoms with E-state index in [1.807, 2.05) is 11.4 Å². The molecule has 0 bridgehead atoms. The van der Waals surface area contributed by atoms with Crippen molar-refractivity contribution in [1.29, 1.82) is 0 Å². The molecule has 0 aromatic carbocycles. The van der Waals surface area contributed by atoms with Crippen molar-refractivity contribution in [3.8, 4) is 16.5 Å². The molecule has 0 radical (unpaired) electrons. The van der Waals surface area contributed by atoms with Crippen LogP contribution in [-0.2, 0) is 6.54 Å². The summed E-state index contributed by atoms with van der Waals surface area (Å²) in [5.74, 6) is 2.05. The van der Waals surface area contributed by atoms with E-state index in [1.54, 1.807) is 18.4 Å². The van der Waals surface area contributed by atoms with Gasteiger partial charge in [0.25, 0.3) is 5.89 Å². The highest BCUT2D eigenvalue weighted by atomic mass is 32.1. The van der Waals surface area contributed by atoms with E-state index < -0.39 is 0 Å². The summed E-state index contributed by atoms with van der Waals surface area (Å²) in [7, 11) is 1.64. The van der Waals surface area contributed by atoms with Gasteiger partial charge in [0, 0.05) is 26.2 Å². The molecule has 19 heavy (non-hydrogen) atoms. The number of hydrogen-bond donors (Lipinski definition) is 1. The van der Waals surface area contributed by atoms with Crippen LogP contribution in [0.1, 0.15) is 5.82 Å². The van der Waals surface area contributed by atoms with E-state index in [1.165, 1.54) is 0 Å². The van der Waals surface area contributed by atoms with Crippen LogP contribution in [0.4, 0.5) is 0 Å². The van der Waals surface area contributed by atoms with Crippen LogP contribution in [0.15, 0.2) is 16.0 Å². The van der Waals surface area contributed by atoms with Gasteiger partial charge in [-0.25, -0.2) is 0 Å². The van der Waals surface area contributed by atoms with E-state index in [-0.39, 0.29) is 0 Å². The summed E-state index contributed by atoms with van der Waals surface area (Å²) in [5, 5.41) is 9.32. The number of aromatic nitrogens is 2. The molecule has 0 spiro atoms. The monoisotopic (exact) mass is 280 g/mol. The number of thiophene rings is 1. The second-order valence-electron chi connectivity index (χ2n) is 4.36. The molecule has 0 unspecified atom stereocenters. The van der Waals surface area contributed by atoms with Crippen molar-refractivity contribution in [3.05, 3.63) is 17.3 Å². The lowest BCUT2D eigenvalue weighted by Crippen LogP contribution is -2.43. The molecule has 3 heterocycles. The maximum Gasteiger partial charge on any atom is 0.271 e. The van der Waals surface area contributed by atoms with Crippen LogP contribution in [0.5, 0.6) is 5.75 Å². The van der Waals surface area contributed by atoms with Gasteiger partial charge < -0.3 is 14.6 Å². The molecule has 1 aliphatic heterocycles. The number of rotatable bonds is 4. The van der Waals surface area contributed by atoms with Crippen molar-refractivity contribution in [2.24, 2.45) is 0 Å². The third-order valence-corrected chi connectivity index (χ3v) is 3.97. The third kappa shape index (κ3) is 2.78. The Morgan fingerprint density at radius 3 is 3.11 bits per heavy atom. The first-order valence-corrected chi connectivity index (χ1v) is 7.12. The van der Waals surface area contributed by atoms with Gasteiger partial charge in [0.2, 0.25) is 0 Å². The minimum Gasteiger partial charge on any atom is -0.495 e.